The fourth-order valence-corrected chi connectivity index (χ4v) is 4.32. The number of nitrogens with zero attached hydrogens (tertiary/aromatic N) is 3. The fraction of sp³-hybridized carbons (Fsp3) is 0.167. The van der Waals surface area contributed by atoms with Gasteiger partial charge in [0.25, 0.3) is 5.56 Å². The van der Waals surface area contributed by atoms with E-state index in [2.05, 4.69) is 15.3 Å². The van der Waals surface area contributed by atoms with Crippen molar-refractivity contribution in [2.45, 2.75) is 18.6 Å². The lowest BCUT2D eigenvalue weighted by atomic mass is 10.2. The highest BCUT2D eigenvalue weighted by molar-refractivity contribution is 7.99. The maximum atomic E-state index is 13.3. The van der Waals surface area contributed by atoms with Crippen molar-refractivity contribution in [3.63, 3.8) is 0 Å². The summed E-state index contributed by atoms with van der Waals surface area (Å²) in [6.45, 7) is 2.49. The van der Waals surface area contributed by atoms with Crippen LogP contribution in [0.1, 0.15) is 11.1 Å². The maximum Gasteiger partial charge on any atom is 0.267 e. The Labute approximate surface area is 193 Å². The second-order valence-corrected chi connectivity index (χ2v) is 8.44. The van der Waals surface area contributed by atoms with Gasteiger partial charge in [0.15, 0.2) is 16.7 Å². The molecule has 5 rings (SSSR count). The predicted octanol–water partition coefficient (Wildman–Crippen LogP) is 3.23. The minimum absolute atomic E-state index is 0.0984. The largest absolute Gasteiger partial charge is 0.454 e. The fourth-order valence-electron chi connectivity index (χ4n) is 3.49. The van der Waals surface area contributed by atoms with Crippen LogP contribution in [0.2, 0.25) is 0 Å². The van der Waals surface area contributed by atoms with Crippen molar-refractivity contribution in [1.29, 1.82) is 0 Å². The van der Waals surface area contributed by atoms with Crippen LogP contribution in [0.25, 0.3) is 16.7 Å². The first kappa shape index (κ1) is 21.0. The molecule has 0 fully saturated rings. The van der Waals surface area contributed by atoms with Crippen LogP contribution in [0.15, 0.2) is 70.7 Å². The summed E-state index contributed by atoms with van der Waals surface area (Å²) < 4.78 is 12.1. The van der Waals surface area contributed by atoms with Crippen molar-refractivity contribution >= 4 is 28.6 Å². The molecule has 0 unspecified atom stereocenters. The Kier molecular flexibility index (Phi) is 5.70. The lowest BCUT2D eigenvalue weighted by molar-refractivity contribution is -0.118. The number of fused-ring (bicyclic) bond motifs is 2. The summed E-state index contributed by atoms with van der Waals surface area (Å²) in [6.07, 6.45) is 1.65. The molecule has 1 aliphatic rings. The Bertz CT molecular complexity index is 1420. The van der Waals surface area contributed by atoms with Crippen LogP contribution in [-0.2, 0) is 11.3 Å². The molecular weight excluding hydrogens is 440 g/mol. The van der Waals surface area contributed by atoms with Crippen molar-refractivity contribution in [2.24, 2.45) is 0 Å². The van der Waals surface area contributed by atoms with Crippen LogP contribution in [0, 0.1) is 6.92 Å². The molecule has 0 atom stereocenters. The molecule has 1 amide bonds. The number of ether oxygens (including phenoxy) is 2. The number of pyridine rings is 1. The number of aryl methyl sites for hydroxylation is 1. The molecule has 0 bridgehead atoms. The zero-order valence-electron chi connectivity index (χ0n) is 17.8. The number of hydrogen-bond donors (Lipinski definition) is 1. The van der Waals surface area contributed by atoms with E-state index in [4.69, 9.17) is 9.47 Å². The molecule has 33 heavy (non-hydrogen) atoms. The molecular formula is C24H20N4O4S. The number of aromatic nitrogens is 3. The van der Waals surface area contributed by atoms with Gasteiger partial charge in [-0.3, -0.25) is 9.59 Å². The van der Waals surface area contributed by atoms with Gasteiger partial charge in [-0.15, -0.1) is 0 Å². The number of carbonyl (C=O) groups is 1. The van der Waals surface area contributed by atoms with Gasteiger partial charge in [-0.25, -0.2) is 14.5 Å². The summed E-state index contributed by atoms with van der Waals surface area (Å²) >= 11 is 1.20. The monoisotopic (exact) mass is 460 g/mol. The SMILES string of the molecule is Cc1ccnc(-n2c(SCC(=O)NCc3ccc4c(c3)OCO4)nc3ccccc3c2=O)c1. The Morgan fingerprint density at radius 2 is 1.97 bits per heavy atom. The Balaban J connectivity index is 1.36. The van der Waals surface area contributed by atoms with Crippen molar-refractivity contribution in [2.75, 3.05) is 12.5 Å². The van der Waals surface area contributed by atoms with Gasteiger partial charge in [0.1, 0.15) is 5.82 Å². The third-order valence-electron chi connectivity index (χ3n) is 5.13. The van der Waals surface area contributed by atoms with E-state index in [1.54, 1.807) is 24.4 Å². The van der Waals surface area contributed by atoms with Crippen molar-refractivity contribution in [3.8, 4) is 17.3 Å². The Morgan fingerprint density at radius 3 is 2.85 bits per heavy atom. The maximum absolute atomic E-state index is 13.3. The van der Waals surface area contributed by atoms with E-state index in [1.165, 1.54) is 16.3 Å². The molecule has 0 saturated carbocycles. The third kappa shape index (κ3) is 4.40. The van der Waals surface area contributed by atoms with Crippen LogP contribution < -0.4 is 20.3 Å². The van der Waals surface area contributed by atoms with E-state index in [1.807, 2.05) is 43.3 Å². The molecule has 1 aliphatic heterocycles. The molecule has 4 aromatic rings. The standard InChI is InChI=1S/C24H20N4O4S/c1-15-8-9-25-21(10-15)28-23(30)17-4-2-3-5-18(17)27-24(28)33-13-22(29)26-12-16-6-7-19-20(11-16)32-14-31-19/h2-11H,12-14H2,1H3,(H,26,29). The van der Waals surface area contributed by atoms with Gasteiger partial charge in [0.2, 0.25) is 12.7 Å². The van der Waals surface area contributed by atoms with Crippen LogP contribution in [-0.4, -0.2) is 33.0 Å². The van der Waals surface area contributed by atoms with Gasteiger partial charge < -0.3 is 14.8 Å². The lowest BCUT2D eigenvalue weighted by Gasteiger charge is -2.13. The molecule has 3 heterocycles. The van der Waals surface area contributed by atoms with E-state index in [-0.39, 0.29) is 24.0 Å². The van der Waals surface area contributed by atoms with Gasteiger partial charge in [0.05, 0.1) is 16.7 Å². The molecule has 2 aromatic heterocycles. The topological polar surface area (TPSA) is 95.3 Å². The highest BCUT2D eigenvalue weighted by Gasteiger charge is 2.16. The number of thioether (sulfide) groups is 1. The lowest BCUT2D eigenvalue weighted by Crippen LogP contribution is -2.26. The van der Waals surface area contributed by atoms with E-state index in [0.717, 1.165) is 11.1 Å². The Morgan fingerprint density at radius 1 is 1.12 bits per heavy atom. The van der Waals surface area contributed by atoms with Gasteiger partial charge >= 0.3 is 0 Å². The number of hydrogen-bond acceptors (Lipinski definition) is 7. The zero-order chi connectivity index (χ0) is 22.8. The van der Waals surface area contributed by atoms with Crippen LogP contribution in [0.3, 0.4) is 0 Å². The summed E-state index contributed by atoms with van der Waals surface area (Å²) in [6, 6.07) is 16.4. The van der Waals surface area contributed by atoms with Crippen molar-refractivity contribution < 1.29 is 14.3 Å². The summed E-state index contributed by atoms with van der Waals surface area (Å²) in [5, 5.41) is 3.80. The first-order valence-electron chi connectivity index (χ1n) is 10.3. The number of amides is 1. The molecule has 0 radical (unpaired) electrons. The molecule has 0 saturated heterocycles. The minimum Gasteiger partial charge on any atom is -0.454 e. The average molecular weight is 461 g/mol. The smallest absolute Gasteiger partial charge is 0.267 e. The molecule has 0 spiro atoms. The molecule has 2 aromatic carbocycles. The van der Waals surface area contributed by atoms with Gasteiger partial charge in [-0.1, -0.05) is 30.0 Å². The second kappa shape index (κ2) is 8.95. The number of nitrogens with one attached hydrogen (secondary N) is 1. The van der Waals surface area contributed by atoms with Gasteiger partial charge in [-0.05, 0) is 54.4 Å². The summed E-state index contributed by atoms with van der Waals surface area (Å²) in [5.74, 6) is 1.77. The number of benzene rings is 2. The number of rotatable bonds is 6. The van der Waals surface area contributed by atoms with Crippen LogP contribution in [0.4, 0.5) is 0 Å². The summed E-state index contributed by atoms with van der Waals surface area (Å²) in [7, 11) is 0. The minimum atomic E-state index is -0.220. The van der Waals surface area contributed by atoms with E-state index in [9.17, 15) is 9.59 Å². The average Bonchev–Trinajstić information content (AvgIpc) is 3.29. The quantitative estimate of drug-likeness (QED) is 0.349. The Hall–Kier alpha value is -3.85. The van der Waals surface area contributed by atoms with Crippen LogP contribution >= 0.6 is 11.8 Å². The van der Waals surface area contributed by atoms with Gasteiger partial charge in [0, 0.05) is 12.7 Å². The van der Waals surface area contributed by atoms with Crippen LogP contribution in [0.5, 0.6) is 11.5 Å². The highest BCUT2D eigenvalue weighted by Crippen LogP contribution is 2.32. The highest BCUT2D eigenvalue weighted by atomic mass is 32.2. The molecule has 166 valence electrons. The zero-order valence-corrected chi connectivity index (χ0v) is 18.6. The van der Waals surface area contributed by atoms with Crippen molar-refractivity contribution in [1.82, 2.24) is 19.9 Å². The first-order chi connectivity index (χ1) is 16.1. The van der Waals surface area contributed by atoms with E-state index >= 15 is 0 Å². The summed E-state index contributed by atoms with van der Waals surface area (Å²) in [5.41, 5.74) is 2.23. The summed E-state index contributed by atoms with van der Waals surface area (Å²) in [4.78, 5) is 34.8. The van der Waals surface area contributed by atoms with E-state index in [0.29, 0.717) is 39.9 Å². The predicted molar refractivity (Wildman–Crippen MR) is 125 cm³/mol. The number of para-hydroxylation sites is 1. The normalized spacial score (nSPS) is 12.2. The second-order valence-electron chi connectivity index (χ2n) is 7.50. The molecule has 0 aliphatic carbocycles. The third-order valence-corrected chi connectivity index (χ3v) is 6.07. The first-order valence-corrected chi connectivity index (χ1v) is 11.3. The molecule has 1 N–H and O–H groups in total. The molecule has 8 nitrogen and oxygen atoms in total. The van der Waals surface area contributed by atoms with Crippen molar-refractivity contribution in [3.05, 3.63) is 82.3 Å². The van der Waals surface area contributed by atoms with Gasteiger partial charge in [-0.2, -0.15) is 0 Å². The molecule has 9 heteroatoms. The van der Waals surface area contributed by atoms with E-state index < -0.39 is 0 Å². The number of carbonyl (C=O) groups excluding carboxylic acids is 1.